The third-order valence-corrected chi connectivity index (χ3v) is 4.50. The van der Waals surface area contributed by atoms with Gasteiger partial charge in [-0.1, -0.05) is 6.07 Å². The van der Waals surface area contributed by atoms with Crippen LogP contribution in [0, 0.1) is 0 Å². The standard InChI is InChI=1S/C16H21NO4/c1-20-13-3-2-4-14-12(13)5-7-16(21-14)8-10-17(11-16)9-6-15(18)19/h2-4H,5-11H2,1H3,(H,18,19). The lowest BCUT2D eigenvalue weighted by Gasteiger charge is -2.36. The van der Waals surface area contributed by atoms with Crippen molar-refractivity contribution in [2.75, 3.05) is 26.7 Å². The summed E-state index contributed by atoms with van der Waals surface area (Å²) in [5, 5.41) is 8.79. The van der Waals surface area contributed by atoms with Gasteiger partial charge >= 0.3 is 5.97 Å². The van der Waals surface area contributed by atoms with Crippen LogP contribution in [0.4, 0.5) is 0 Å². The molecular formula is C16H21NO4. The van der Waals surface area contributed by atoms with E-state index in [0.29, 0.717) is 6.54 Å². The Morgan fingerprint density at radius 2 is 2.33 bits per heavy atom. The van der Waals surface area contributed by atoms with Crippen molar-refractivity contribution in [1.82, 2.24) is 4.90 Å². The summed E-state index contributed by atoms with van der Waals surface area (Å²) < 4.78 is 11.7. The van der Waals surface area contributed by atoms with Gasteiger partial charge in [0.05, 0.1) is 13.5 Å². The molecule has 1 atom stereocenters. The van der Waals surface area contributed by atoms with E-state index in [1.54, 1.807) is 7.11 Å². The predicted molar refractivity (Wildman–Crippen MR) is 78.0 cm³/mol. The fourth-order valence-corrected chi connectivity index (χ4v) is 3.38. The van der Waals surface area contributed by atoms with Crippen LogP contribution < -0.4 is 9.47 Å². The minimum atomic E-state index is -0.740. The van der Waals surface area contributed by atoms with Crippen molar-refractivity contribution in [2.24, 2.45) is 0 Å². The van der Waals surface area contributed by atoms with Crippen LogP contribution in [0.15, 0.2) is 18.2 Å². The SMILES string of the molecule is COc1cccc2c1CCC1(CCN(CCC(=O)O)C1)O2. The van der Waals surface area contributed by atoms with E-state index in [1.165, 1.54) is 0 Å². The third kappa shape index (κ3) is 2.83. The molecule has 3 rings (SSSR count). The number of hydrogen-bond acceptors (Lipinski definition) is 4. The number of methoxy groups -OCH3 is 1. The molecule has 0 saturated carbocycles. The van der Waals surface area contributed by atoms with Crippen molar-refractivity contribution in [1.29, 1.82) is 0 Å². The number of aliphatic carboxylic acids is 1. The van der Waals surface area contributed by atoms with Gasteiger partial charge in [0.25, 0.3) is 0 Å². The number of fused-ring (bicyclic) bond motifs is 1. The zero-order valence-electron chi connectivity index (χ0n) is 12.3. The van der Waals surface area contributed by atoms with E-state index < -0.39 is 5.97 Å². The van der Waals surface area contributed by atoms with Crippen molar-refractivity contribution in [2.45, 2.75) is 31.3 Å². The molecule has 114 valence electrons. The van der Waals surface area contributed by atoms with Gasteiger partial charge in [-0.3, -0.25) is 9.69 Å². The summed E-state index contributed by atoms with van der Waals surface area (Å²) in [5.74, 6) is 1.07. The Labute approximate surface area is 124 Å². The van der Waals surface area contributed by atoms with Crippen LogP contribution in [0.5, 0.6) is 11.5 Å². The highest BCUT2D eigenvalue weighted by molar-refractivity contribution is 5.66. The van der Waals surface area contributed by atoms with Crippen molar-refractivity contribution < 1.29 is 19.4 Å². The van der Waals surface area contributed by atoms with E-state index in [0.717, 1.165) is 49.4 Å². The van der Waals surface area contributed by atoms with Crippen LogP contribution in [-0.4, -0.2) is 48.3 Å². The number of carboxylic acids is 1. The molecule has 1 unspecified atom stereocenters. The summed E-state index contributed by atoms with van der Waals surface area (Å²) >= 11 is 0. The third-order valence-electron chi connectivity index (χ3n) is 4.50. The van der Waals surface area contributed by atoms with E-state index in [4.69, 9.17) is 14.6 Å². The Morgan fingerprint density at radius 1 is 1.48 bits per heavy atom. The largest absolute Gasteiger partial charge is 0.496 e. The lowest BCUT2D eigenvalue weighted by atomic mass is 9.90. The van der Waals surface area contributed by atoms with Crippen molar-refractivity contribution in [3.8, 4) is 11.5 Å². The first-order valence-electron chi connectivity index (χ1n) is 7.41. The number of nitrogens with zero attached hydrogens (tertiary/aromatic N) is 1. The lowest BCUT2D eigenvalue weighted by Crippen LogP contribution is -2.42. The van der Waals surface area contributed by atoms with Gasteiger partial charge in [-0.25, -0.2) is 0 Å². The predicted octanol–water partition coefficient (Wildman–Crippen LogP) is 1.94. The summed E-state index contributed by atoms with van der Waals surface area (Å²) in [5.41, 5.74) is 0.993. The molecule has 1 N–H and O–H groups in total. The number of likely N-dealkylation sites (tertiary alicyclic amines) is 1. The Hall–Kier alpha value is -1.75. The zero-order chi connectivity index (χ0) is 14.9. The zero-order valence-corrected chi connectivity index (χ0v) is 12.3. The minimum absolute atomic E-state index is 0.155. The van der Waals surface area contributed by atoms with Crippen molar-refractivity contribution in [3.05, 3.63) is 23.8 Å². The van der Waals surface area contributed by atoms with Gasteiger partial charge in [0, 0.05) is 31.6 Å². The molecule has 0 amide bonds. The minimum Gasteiger partial charge on any atom is -0.496 e. The highest BCUT2D eigenvalue weighted by Crippen LogP contribution is 2.41. The summed E-state index contributed by atoms with van der Waals surface area (Å²) in [6.07, 6.45) is 3.07. The molecule has 5 heteroatoms. The topological polar surface area (TPSA) is 59.0 Å². The van der Waals surface area contributed by atoms with Gasteiger partial charge in [0.15, 0.2) is 0 Å². The lowest BCUT2D eigenvalue weighted by molar-refractivity contribution is -0.137. The molecule has 0 bridgehead atoms. The molecule has 2 aliphatic rings. The molecule has 2 aliphatic heterocycles. The van der Waals surface area contributed by atoms with Crippen LogP contribution in [0.1, 0.15) is 24.8 Å². The van der Waals surface area contributed by atoms with Crippen LogP contribution in [0.3, 0.4) is 0 Å². The van der Waals surface area contributed by atoms with E-state index in [-0.39, 0.29) is 12.0 Å². The number of rotatable bonds is 4. The van der Waals surface area contributed by atoms with Crippen LogP contribution in [0.2, 0.25) is 0 Å². The van der Waals surface area contributed by atoms with E-state index in [2.05, 4.69) is 4.90 Å². The second-order valence-electron chi connectivity index (χ2n) is 5.89. The van der Waals surface area contributed by atoms with E-state index in [9.17, 15) is 4.79 Å². The van der Waals surface area contributed by atoms with Crippen LogP contribution in [0.25, 0.3) is 0 Å². The maximum atomic E-state index is 10.7. The average Bonchev–Trinajstić information content (AvgIpc) is 2.87. The molecule has 1 aromatic rings. The highest BCUT2D eigenvalue weighted by Gasteiger charge is 2.43. The molecule has 0 aliphatic carbocycles. The monoisotopic (exact) mass is 291 g/mol. The van der Waals surface area contributed by atoms with Gasteiger partial charge < -0.3 is 14.6 Å². The molecule has 1 fully saturated rings. The first kappa shape index (κ1) is 14.2. The molecule has 0 aromatic heterocycles. The van der Waals surface area contributed by atoms with Crippen LogP contribution in [-0.2, 0) is 11.2 Å². The fraction of sp³-hybridized carbons (Fsp3) is 0.562. The number of ether oxygens (including phenoxy) is 2. The summed E-state index contributed by atoms with van der Waals surface area (Å²) in [4.78, 5) is 12.9. The first-order chi connectivity index (χ1) is 10.1. The fourth-order valence-electron chi connectivity index (χ4n) is 3.38. The Bertz CT molecular complexity index is 545. The smallest absolute Gasteiger partial charge is 0.304 e. The Balaban J connectivity index is 1.70. The van der Waals surface area contributed by atoms with Crippen molar-refractivity contribution >= 4 is 5.97 Å². The number of carbonyl (C=O) groups is 1. The Morgan fingerprint density at radius 3 is 3.10 bits per heavy atom. The molecule has 1 spiro atoms. The van der Waals surface area contributed by atoms with Crippen molar-refractivity contribution in [3.63, 3.8) is 0 Å². The van der Waals surface area contributed by atoms with Gasteiger partial charge in [-0.2, -0.15) is 0 Å². The molecule has 21 heavy (non-hydrogen) atoms. The second-order valence-corrected chi connectivity index (χ2v) is 5.89. The molecule has 5 nitrogen and oxygen atoms in total. The second kappa shape index (κ2) is 5.56. The van der Waals surface area contributed by atoms with Crippen LogP contribution >= 0.6 is 0 Å². The number of carboxylic acid groups (broad SMARTS) is 1. The van der Waals surface area contributed by atoms with Gasteiger partial charge in [0.1, 0.15) is 17.1 Å². The molecule has 0 radical (unpaired) electrons. The highest BCUT2D eigenvalue weighted by atomic mass is 16.5. The number of hydrogen-bond donors (Lipinski definition) is 1. The molecule has 2 heterocycles. The normalized spacial score (nSPS) is 24.6. The van der Waals surface area contributed by atoms with Gasteiger partial charge in [-0.05, 0) is 25.0 Å². The Kier molecular flexibility index (Phi) is 3.76. The molecule has 1 aromatic carbocycles. The van der Waals surface area contributed by atoms with E-state index >= 15 is 0 Å². The average molecular weight is 291 g/mol. The quantitative estimate of drug-likeness (QED) is 0.918. The summed E-state index contributed by atoms with van der Waals surface area (Å²) in [6.45, 7) is 2.33. The maximum absolute atomic E-state index is 10.7. The first-order valence-corrected chi connectivity index (χ1v) is 7.41. The summed E-state index contributed by atoms with van der Waals surface area (Å²) in [7, 11) is 1.68. The maximum Gasteiger partial charge on any atom is 0.304 e. The van der Waals surface area contributed by atoms with Gasteiger partial charge in [0.2, 0.25) is 0 Å². The number of benzene rings is 1. The molecular weight excluding hydrogens is 270 g/mol. The summed E-state index contributed by atoms with van der Waals surface area (Å²) in [6, 6.07) is 5.92. The molecule has 1 saturated heterocycles. The van der Waals surface area contributed by atoms with E-state index in [1.807, 2.05) is 18.2 Å². The van der Waals surface area contributed by atoms with Gasteiger partial charge in [-0.15, -0.1) is 0 Å².